The molecule has 160 valence electrons. The van der Waals surface area contributed by atoms with Crippen molar-refractivity contribution < 1.29 is 17.2 Å². The van der Waals surface area contributed by atoms with Gasteiger partial charge in [0, 0.05) is 0 Å². The van der Waals surface area contributed by atoms with Crippen LogP contribution in [0.4, 0.5) is 26.0 Å². The maximum absolute atomic E-state index is 15.1. The van der Waals surface area contributed by atoms with E-state index < -0.39 is 33.0 Å². The lowest BCUT2D eigenvalue weighted by Crippen LogP contribution is -2.15. The second kappa shape index (κ2) is 8.54. The number of benzene rings is 2. The number of hydrogen-bond acceptors (Lipinski definition) is 8. The minimum absolute atomic E-state index is 0.0348. The highest BCUT2D eigenvalue weighted by Gasteiger charge is 2.23. The fourth-order valence-corrected chi connectivity index (χ4v) is 5.61. The molecule has 0 unspecified atom stereocenters. The predicted octanol–water partition coefficient (Wildman–Crippen LogP) is 5.28. The van der Waals surface area contributed by atoms with Gasteiger partial charge in [-0.2, -0.15) is 0 Å². The number of hydrogen-bond donors (Lipinski definition) is 2. The molecule has 0 saturated carbocycles. The molecule has 2 heterocycles. The van der Waals surface area contributed by atoms with Gasteiger partial charge in [-0.1, -0.05) is 46.8 Å². The van der Waals surface area contributed by atoms with Gasteiger partial charge in [-0.25, -0.2) is 32.2 Å². The summed E-state index contributed by atoms with van der Waals surface area (Å²) < 4.78 is 57.6. The fraction of sp³-hybridized carbons (Fsp3) is 0.0556. The fourth-order valence-electron chi connectivity index (χ4n) is 2.64. The van der Waals surface area contributed by atoms with Crippen LogP contribution in [0.15, 0.2) is 52.0 Å². The summed E-state index contributed by atoms with van der Waals surface area (Å²) in [4.78, 5) is 12.8. The number of fused-ring (bicyclic) bond motifs is 1. The number of nitrogens with one attached hydrogen (secondary N) is 2. The summed E-state index contributed by atoms with van der Waals surface area (Å²) in [5, 5.41) is 2.54. The molecule has 0 fully saturated rings. The number of aromatic nitrogens is 3. The molecule has 2 N–H and O–H groups in total. The number of rotatable bonds is 6. The zero-order valence-corrected chi connectivity index (χ0v) is 18.8. The highest BCUT2D eigenvalue weighted by molar-refractivity contribution is 8.00. The van der Waals surface area contributed by atoms with Gasteiger partial charge < -0.3 is 5.32 Å². The average molecular weight is 500 g/mol. The Morgan fingerprint density at radius 1 is 1.13 bits per heavy atom. The number of thiazole rings is 1. The zero-order chi connectivity index (χ0) is 22.2. The maximum Gasteiger partial charge on any atom is 0.263 e. The summed E-state index contributed by atoms with van der Waals surface area (Å²) in [6.45, 7) is 0. The van der Waals surface area contributed by atoms with Gasteiger partial charge in [0.25, 0.3) is 10.0 Å². The number of sulfonamides is 1. The summed E-state index contributed by atoms with van der Waals surface area (Å²) in [6, 6.07) is 7.61. The Hall–Kier alpha value is -2.54. The molecule has 0 aliphatic heterocycles. The van der Waals surface area contributed by atoms with Crippen molar-refractivity contribution in [3.63, 3.8) is 0 Å². The lowest BCUT2D eigenvalue weighted by Gasteiger charge is -2.14. The predicted molar refractivity (Wildman–Crippen MR) is 119 cm³/mol. The Labute approximate surface area is 189 Å². The first-order chi connectivity index (χ1) is 14.8. The Bertz CT molecular complexity index is 1400. The van der Waals surface area contributed by atoms with Crippen LogP contribution in [0, 0.1) is 11.6 Å². The lowest BCUT2D eigenvalue weighted by atomic mass is 10.2. The minimum atomic E-state index is -4.21. The topological polar surface area (TPSA) is 96.9 Å². The average Bonchev–Trinajstić information content (AvgIpc) is 3.17. The number of nitrogens with zero attached hydrogens (tertiary/aromatic N) is 3. The third kappa shape index (κ3) is 4.28. The van der Waals surface area contributed by atoms with Crippen molar-refractivity contribution in [1.82, 2.24) is 15.0 Å². The van der Waals surface area contributed by atoms with Gasteiger partial charge in [-0.3, -0.25) is 4.72 Å². The van der Waals surface area contributed by atoms with E-state index in [1.807, 2.05) is 6.26 Å². The molecule has 0 amide bonds. The summed E-state index contributed by atoms with van der Waals surface area (Å²) in [5.74, 6) is -2.00. The molecular formula is C18H12ClF2N5O2S3. The zero-order valence-electron chi connectivity index (χ0n) is 15.6. The van der Waals surface area contributed by atoms with Crippen molar-refractivity contribution in [2.75, 3.05) is 16.3 Å². The molecule has 7 nitrogen and oxygen atoms in total. The molecule has 0 aliphatic rings. The van der Waals surface area contributed by atoms with E-state index in [4.69, 9.17) is 11.6 Å². The molecular weight excluding hydrogens is 488 g/mol. The Balaban J connectivity index is 1.72. The van der Waals surface area contributed by atoms with Crippen LogP contribution < -0.4 is 10.0 Å². The molecule has 0 aliphatic carbocycles. The lowest BCUT2D eigenvalue weighted by molar-refractivity contribution is 0.588. The second-order valence-electron chi connectivity index (χ2n) is 6.00. The van der Waals surface area contributed by atoms with Gasteiger partial charge in [0.05, 0.1) is 10.7 Å². The SMILES string of the molecule is CSc1nc2c(Nc3c(F)ccc(NS(=O)(=O)c4ccccc4Cl)c3F)ncnc2s1. The third-order valence-corrected chi connectivity index (χ3v) is 7.87. The van der Waals surface area contributed by atoms with E-state index in [0.717, 1.165) is 12.1 Å². The molecule has 2 aromatic carbocycles. The number of thioether (sulfide) groups is 1. The van der Waals surface area contributed by atoms with E-state index in [0.29, 0.717) is 14.7 Å². The van der Waals surface area contributed by atoms with Crippen LogP contribution in [0.2, 0.25) is 5.02 Å². The van der Waals surface area contributed by atoms with Crippen LogP contribution in [0.1, 0.15) is 0 Å². The highest BCUT2D eigenvalue weighted by atomic mass is 35.5. The van der Waals surface area contributed by atoms with Crippen molar-refractivity contribution in [1.29, 1.82) is 0 Å². The van der Waals surface area contributed by atoms with Crippen molar-refractivity contribution in [3.05, 3.63) is 59.4 Å². The molecule has 0 bridgehead atoms. The molecule has 0 atom stereocenters. The van der Waals surface area contributed by atoms with Gasteiger partial charge in [0.1, 0.15) is 33.1 Å². The molecule has 0 saturated heterocycles. The Kier molecular flexibility index (Phi) is 5.97. The quantitative estimate of drug-likeness (QED) is 0.348. The van der Waals surface area contributed by atoms with Crippen molar-refractivity contribution in [2.45, 2.75) is 9.24 Å². The van der Waals surface area contributed by atoms with Gasteiger partial charge in [-0.15, -0.1) is 0 Å². The first-order valence-corrected chi connectivity index (χ1v) is 12.4. The van der Waals surface area contributed by atoms with Crippen molar-refractivity contribution >= 4 is 72.3 Å². The van der Waals surface area contributed by atoms with E-state index in [1.54, 1.807) is 6.07 Å². The Morgan fingerprint density at radius 3 is 2.65 bits per heavy atom. The van der Waals surface area contributed by atoms with Crippen molar-refractivity contribution in [3.8, 4) is 0 Å². The standard InChI is InChI=1S/C18H12ClF2N5O2S3/c1-29-18-25-15-16(22-8-23-17(15)30-18)24-14-10(20)6-7-11(13(14)21)26-31(27,28)12-5-3-2-4-9(12)19/h2-8,26H,1H3,(H,22,23,24). The van der Waals surface area contributed by atoms with E-state index in [9.17, 15) is 12.8 Å². The molecule has 4 aromatic rings. The molecule has 0 spiro atoms. The third-order valence-electron chi connectivity index (χ3n) is 4.06. The molecule has 4 rings (SSSR count). The Morgan fingerprint density at radius 2 is 1.90 bits per heavy atom. The van der Waals surface area contributed by atoms with Crippen LogP contribution in [0.3, 0.4) is 0 Å². The molecule has 2 aromatic heterocycles. The van der Waals surface area contributed by atoms with Crippen LogP contribution >= 0.6 is 34.7 Å². The molecule has 0 radical (unpaired) electrons. The number of halogens is 3. The van der Waals surface area contributed by atoms with Gasteiger partial charge in [0.15, 0.2) is 16.0 Å². The van der Waals surface area contributed by atoms with Gasteiger partial charge >= 0.3 is 0 Å². The molecule has 31 heavy (non-hydrogen) atoms. The van der Waals surface area contributed by atoms with Gasteiger partial charge in [-0.05, 0) is 30.5 Å². The van der Waals surface area contributed by atoms with Crippen LogP contribution in [-0.4, -0.2) is 29.6 Å². The summed E-state index contributed by atoms with van der Waals surface area (Å²) in [6.07, 6.45) is 3.08. The smallest absolute Gasteiger partial charge is 0.263 e. The van der Waals surface area contributed by atoms with Crippen LogP contribution in [-0.2, 0) is 10.0 Å². The maximum atomic E-state index is 15.1. The molecule has 13 heteroatoms. The van der Waals surface area contributed by atoms with Crippen molar-refractivity contribution in [2.24, 2.45) is 0 Å². The van der Waals surface area contributed by atoms with Crippen LogP contribution in [0.25, 0.3) is 10.3 Å². The summed E-state index contributed by atoms with van der Waals surface area (Å²) in [5.41, 5.74) is -0.701. The first kappa shape index (κ1) is 21.7. The van der Waals surface area contributed by atoms with E-state index in [2.05, 4.69) is 25.0 Å². The van der Waals surface area contributed by atoms with E-state index in [1.165, 1.54) is 47.6 Å². The summed E-state index contributed by atoms with van der Waals surface area (Å²) >= 11 is 8.65. The minimum Gasteiger partial charge on any atom is -0.333 e. The second-order valence-corrected chi connectivity index (χ2v) is 10.1. The highest BCUT2D eigenvalue weighted by Crippen LogP contribution is 2.34. The first-order valence-electron chi connectivity index (χ1n) is 8.48. The monoisotopic (exact) mass is 499 g/mol. The normalized spacial score (nSPS) is 11.6. The number of anilines is 3. The van der Waals surface area contributed by atoms with Crippen LogP contribution in [0.5, 0.6) is 0 Å². The van der Waals surface area contributed by atoms with Gasteiger partial charge in [0.2, 0.25) is 0 Å². The van der Waals surface area contributed by atoms with E-state index in [-0.39, 0.29) is 15.7 Å². The summed E-state index contributed by atoms with van der Waals surface area (Å²) in [7, 11) is -4.21. The largest absolute Gasteiger partial charge is 0.333 e. The van der Waals surface area contributed by atoms with E-state index >= 15 is 4.39 Å².